The first-order valence-electron chi connectivity index (χ1n) is 5.68. The minimum Gasteiger partial charge on any atom is -0.367 e. The first-order valence-corrected chi connectivity index (χ1v) is 5.68. The summed E-state index contributed by atoms with van der Waals surface area (Å²) in [4.78, 5) is 11.5. The SMILES string of the molecule is CCNCCOC(C)C(=O)NCC(C)C. The number of carbonyl (C=O) groups is 1. The molecular weight excluding hydrogens is 192 g/mol. The van der Waals surface area contributed by atoms with Crippen molar-refractivity contribution in [3.05, 3.63) is 0 Å². The Kier molecular flexibility index (Phi) is 8.33. The van der Waals surface area contributed by atoms with Crippen LogP contribution in [-0.4, -0.2) is 38.3 Å². The molecule has 15 heavy (non-hydrogen) atoms. The third-order valence-electron chi connectivity index (χ3n) is 1.95. The van der Waals surface area contributed by atoms with Crippen molar-refractivity contribution in [2.24, 2.45) is 5.92 Å². The first kappa shape index (κ1) is 14.4. The van der Waals surface area contributed by atoms with Gasteiger partial charge in [0, 0.05) is 13.1 Å². The van der Waals surface area contributed by atoms with E-state index in [-0.39, 0.29) is 12.0 Å². The number of amides is 1. The van der Waals surface area contributed by atoms with E-state index >= 15 is 0 Å². The second-order valence-corrected chi connectivity index (χ2v) is 4.01. The van der Waals surface area contributed by atoms with Gasteiger partial charge in [-0.3, -0.25) is 4.79 Å². The number of rotatable bonds is 8. The van der Waals surface area contributed by atoms with Crippen LogP contribution in [0.5, 0.6) is 0 Å². The Morgan fingerprint density at radius 2 is 2.00 bits per heavy atom. The second kappa shape index (κ2) is 8.68. The Bertz CT molecular complexity index is 172. The van der Waals surface area contributed by atoms with Crippen LogP contribution in [0.2, 0.25) is 0 Å². The monoisotopic (exact) mass is 216 g/mol. The number of ether oxygens (including phenoxy) is 1. The zero-order valence-corrected chi connectivity index (χ0v) is 10.3. The number of carbonyl (C=O) groups excluding carboxylic acids is 1. The van der Waals surface area contributed by atoms with Crippen LogP contribution in [0.1, 0.15) is 27.7 Å². The van der Waals surface area contributed by atoms with E-state index in [2.05, 4.69) is 24.5 Å². The van der Waals surface area contributed by atoms with Crippen LogP contribution in [0.15, 0.2) is 0 Å². The fraction of sp³-hybridized carbons (Fsp3) is 0.909. The van der Waals surface area contributed by atoms with Crippen molar-refractivity contribution < 1.29 is 9.53 Å². The normalized spacial score (nSPS) is 12.9. The molecule has 0 aliphatic heterocycles. The highest BCUT2D eigenvalue weighted by Crippen LogP contribution is 1.92. The van der Waals surface area contributed by atoms with Gasteiger partial charge in [0.1, 0.15) is 6.10 Å². The third-order valence-corrected chi connectivity index (χ3v) is 1.95. The summed E-state index contributed by atoms with van der Waals surface area (Å²) >= 11 is 0. The summed E-state index contributed by atoms with van der Waals surface area (Å²) < 4.78 is 5.36. The molecule has 0 aromatic heterocycles. The van der Waals surface area contributed by atoms with Crippen LogP contribution in [0.3, 0.4) is 0 Å². The molecule has 1 unspecified atom stereocenters. The Labute approximate surface area is 92.8 Å². The fourth-order valence-electron chi connectivity index (χ4n) is 1.01. The van der Waals surface area contributed by atoms with Crippen molar-refractivity contribution in [3.63, 3.8) is 0 Å². The van der Waals surface area contributed by atoms with Crippen molar-refractivity contribution in [3.8, 4) is 0 Å². The maximum absolute atomic E-state index is 11.5. The van der Waals surface area contributed by atoms with Crippen molar-refractivity contribution in [1.29, 1.82) is 0 Å². The molecule has 0 radical (unpaired) electrons. The molecule has 0 fully saturated rings. The Morgan fingerprint density at radius 1 is 1.33 bits per heavy atom. The molecule has 4 nitrogen and oxygen atoms in total. The number of nitrogens with one attached hydrogen (secondary N) is 2. The largest absolute Gasteiger partial charge is 0.367 e. The summed E-state index contributed by atoms with van der Waals surface area (Å²) in [5.41, 5.74) is 0. The zero-order valence-electron chi connectivity index (χ0n) is 10.3. The molecular formula is C11H24N2O2. The van der Waals surface area contributed by atoms with E-state index in [0.29, 0.717) is 19.1 Å². The van der Waals surface area contributed by atoms with Gasteiger partial charge in [-0.1, -0.05) is 20.8 Å². The summed E-state index contributed by atoms with van der Waals surface area (Å²) in [6, 6.07) is 0. The summed E-state index contributed by atoms with van der Waals surface area (Å²) in [7, 11) is 0. The van der Waals surface area contributed by atoms with E-state index in [4.69, 9.17) is 4.74 Å². The summed E-state index contributed by atoms with van der Waals surface area (Å²) in [6.45, 7) is 11.0. The Balaban J connectivity index is 3.51. The maximum Gasteiger partial charge on any atom is 0.248 e. The molecule has 0 aromatic rings. The van der Waals surface area contributed by atoms with Crippen molar-refractivity contribution in [2.45, 2.75) is 33.8 Å². The van der Waals surface area contributed by atoms with Gasteiger partial charge in [-0.2, -0.15) is 0 Å². The summed E-state index contributed by atoms with van der Waals surface area (Å²) in [6.07, 6.45) is -0.359. The predicted octanol–water partition coefficient (Wildman–Crippen LogP) is 0.773. The zero-order chi connectivity index (χ0) is 11.7. The smallest absolute Gasteiger partial charge is 0.248 e. The topological polar surface area (TPSA) is 50.4 Å². The average Bonchev–Trinajstić information content (AvgIpc) is 2.20. The minimum atomic E-state index is -0.359. The lowest BCUT2D eigenvalue weighted by Gasteiger charge is -2.14. The molecule has 90 valence electrons. The van der Waals surface area contributed by atoms with Crippen LogP contribution < -0.4 is 10.6 Å². The van der Waals surface area contributed by atoms with Crippen molar-refractivity contribution >= 4 is 5.91 Å². The van der Waals surface area contributed by atoms with Gasteiger partial charge in [0.15, 0.2) is 0 Å². The van der Waals surface area contributed by atoms with Gasteiger partial charge in [-0.15, -0.1) is 0 Å². The summed E-state index contributed by atoms with van der Waals surface area (Å²) in [5, 5.41) is 5.97. The number of hydrogen-bond donors (Lipinski definition) is 2. The van der Waals surface area contributed by atoms with Gasteiger partial charge in [0.2, 0.25) is 5.91 Å². The molecule has 0 saturated heterocycles. The molecule has 0 heterocycles. The lowest BCUT2D eigenvalue weighted by atomic mass is 10.2. The highest BCUT2D eigenvalue weighted by molar-refractivity contribution is 5.80. The number of likely N-dealkylation sites (N-methyl/N-ethyl adjacent to an activating group) is 1. The first-order chi connectivity index (χ1) is 7.07. The van der Waals surface area contributed by atoms with E-state index in [1.54, 1.807) is 6.92 Å². The molecule has 0 spiro atoms. The van der Waals surface area contributed by atoms with E-state index in [0.717, 1.165) is 13.1 Å². The predicted molar refractivity (Wildman–Crippen MR) is 61.8 cm³/mol. The number of hydrogen-bond acceptors (Lipinski definition) is 3. The maximum atomic E-state index is 11.5. The Morgan fingerprint density at radius 3 is 2.53 bits per heavy atom. The van der Waals surface area contributed by atoms with Gasteiger partial charge in [0.05, 0.1) is 6.61 Å². The van der Waals surface area contributed by atoms with Crippen LogP contribution in [0.25, 0.3) is 0 Å². The van der Waals surface area contributed by atoms with E-state index in [9.17, 15) is 4.79 Å². The van der Waals surface area contributed by atoms with E-state index < -0.39 is 0 Å². The van der Waals surface area contributed by atoms with E-state index in [1.807, 2.05) is 6.92 Å². The molecule has 0 aliphatic rings. The van der Waals surface area contributed by atoms with Crippen LogP contribution in [0, 0.1) is 5.92 Å². The molecule has 0 rings (SSSR count). The Hall–Kier alpha value is -0.610. The van der Waals surface area contributed by atoms with Gasteiger partial charge in [-0.05, 0) is 19.4 Å². The molecule has 0 saturated carbocycles. The highest BCUT2D eigenvalue weighted by atomic mass is 16.5. The third kappa shape index (κ3) is 8.39. The molecule has 2 N–H and O–H groups in total. The molecule has 0 bridgehead atoms. The minimum absolute atomic E-state index is 0.0276. The summed E-state index contributed by atoms with van der Waals surface area (Å²) in [5.74, 6) is 0.447. The van der Waals surface area contributed by atoms with Crippen LogP contribution >= 0.6 is 0 Å². The van der Waals surface area contributed by atoms with Gasteiger partial charge in [-0.25, -0.2) is 0 Å². The van der Waals surface area contributed by atoms with Gasteiger partial charge in [0.25, 0.3) is 0 Å². The van der Waals surface area contributed by atoms with Gasteiger partial charge < -0.3 is 15.4 Å². The van der Waals surface area contributed by atoms with Crippen molar-refractivity contribution in [2.75, 3.05) is 26.2 Å². The molecule has 0 aromatic carbocycles. The lowest BCUT2D eigenvalue weighted by molar-refractivity contribution is -0.131. The van der Waals surface area contributed by atoms with Gasteiger partial charge >= 0.3 is 0 Å². The van der Waals surface area contributed by atoms with Crippen LogP contribution in [0.4, 0.5) is 0 Å². The highest BCUT2D eigenvalue weighted by Gasteiger charge is 2.12. The molecule has 1 amide bonds. The standard InChI is InChI=1S/C11H24N2O2/c1-5-12-6-7-15-10(4)11(14)13-8-9(2)3/h9-10,12H,5-8H2,1-4H3,(H,13,14). The lowest BCUT2D eigenvalue weighted by Crippen LogP contribution is -2.37. The van der Waals surface area contributed by atoms with Crippen LogP contribution in [-0.2, 0) is 9.53 Å². The fourth-order valence-corrected chi connectivity index (χ4v) is 1.01. The average molecular weight is 216 g/mol. The quantitative estimate of drug-likeness (QED) is 0.589. The molecule has 0 aliphatic carbocycles. The molecule has 1 atom stereocenters. The molecule has 4 heteroatoms. The second-order valence-electron chi connectivity index (χ2n) is 4.01. The van der Waals surface area contributed by atoms with Crippen molar-refractivity contribution in [1.82, 2.24) is 10.6 Å². The van der Waals surface area contributed by atoms with E-state index in [1.165, 1.54) is 0 Å².